The number of thiocarbonyl (C=S) groups is 1. The van der Waals surface area contributed by atoms with Gasteiger partial charge < -0.3 is 20.4 Å². The molecule has 1 aromatic rings. The molecule has 1 rings (SSSR count). The number of Topliss-reactive ketones (excluding diaryl/α,β-unsaturated/α-hetero) is 2. The number of hydrogen-bond acceptors (Lipinski definition) is 7. The van der Waals surface area contributed by atoms with Gasteiger partial charge in [0, 0.05) is 30.8 Å². The van der Waals surface area contributed by atoms with Crippen molar-refractivity contribution >= 4 is 41.2 Å². The van der Waals surface area contributed by atoms with E-state index in [4.69, 9.17) is 10.5 Å². The third-order valence-corrected chi connectivity index (χ3v) is 5.07. The average Bonchev–Trinajstić information content (AvgIpc) is 2.73. The molecule has 0 unspecified atom stereocenters. The fraction of sp³-hybridized carbons (Fsp3) is 0.600. The van der Waals surface area contributed by atoms with Gasteiger partial charge in [0.1, 0.15) is 5.60 Å². The largest absolute Gasteiger partial charge is 0.444 e. The van der Waals surface area contributed by atoms with E-state index in [1.54, 1.807) is 39.1 Å². The van der Waals surface area contributed by atoms with Crippen LogP contribution in [0, 0.1) is 5.92 Å². The summed E-state index contributed by atoms with van der Waals surface area (Å²) >= 11 is 4.67. The van der Waals surface area contributed by atoms with Crippen LogP contribution in [0.15, 0.2) is 28.2 Å². The number of alkyl carbamates (subject to hydrolysis) is 1. The van der Waals surface area contributed by atoms with E-state index in [2.05, 4.69) is 41.9 Å². The second-order valence-corrected chi connectivity index (χ2v) is 10.4. The number of nitrogens with one attached hydrogen (secondary N) is 2. The van der Waals surface area contributed by atoms with Gasteiger partial charge in [-0.2, -0.15) is 5.10 Å². The lowest BCUT2D eigenvalue weighted by atomic mass is 10.0. The molecule has 0 aliphatic carbocycles. The molecule has 11 heteroatoms. The number of nitrogens with zero attached hydrogens (tertiary/aromatic N) is 2. The highest BCUT2D eigenvalue weighted by Gasteiger charge is 2.25. The summed E-state index contributed by atoms with van der Waals surface area (Å²) in [6.07, 6.45) is 4.75. The lowest BCUT2D eigenvalue weighted by Gasteiger charge is -2.23. The van der Waals surface area contributed by atoms with E-state index in [0.29, 0.717) is 18.8 Å². The smallest absolute Gasteiger partial charge is 0.408 e. The molecule has 0 aliphatic rings. The molecule has 36 heavy (non-hydrogen) atoms. The molecule has 0 spiro atoms. The van der Waals surface area contributed by atoms with Gasteiger partial charge in [-0.15, -0.1) is 0 Å². The number of nitrogens with two attached hydrogens (primary N) is 1. The van der Waals surface area contributed by atoms with Crippen LogP contribution in [0.1, 0.15) is 72.3 Å². The number of aromatic nitrogens is 1. The molecule has 4 N–H and O–H groups in total. The van der Waals surface area contributed by atoms with Crippen LogP contribution in [-0.2, 0) is 27.3 Å². The zero-order chi connectivity index (χ0) is 27.3. The second kappa shape index (κ2) is 15.1. The van der Waals surface area contributed by atoms with Crippen LogP contribution in [0.3, 0.4) is 0 Å². The number of amides is 1. The van der Waals surface area contributed by atoms with Crippen molar-refractivity contribution in [3.05, 3.63) is 34.2 Å². The van der Waals surface area contributed by atoms with Crippen LogP contribution >= 0.6 is 12.2 Å². The molecule has 0 bridgehead atoms. The Hall–Kier alpha value is -3.08. The SMILES string of the molecule is CC(C)CCCC(=O)Cn1cccc(CC(=O)[C@H](CC/C=N\NC(N)=S)NC(=O)OC(C)(C)C)c1=O. The van der Waals surface area contributed by atoms with Gasteiger partial charge in [0.25, 0.3) is 5.56 Å². The van der Waals surface area contributed by atoms with Crippen LogP contribution in [-0.4, -0.2) is 45.2 Å². The number of hydrogen-bond donors (Lipinski definition) is 3. The highest BCUT2D eigenvalue weighted by Crippen LogP contribution is 2.10. The maximum Gasteiger partial charge on any atom is 0.408 e. The number of pyridine rings is 1. The maximum absolute atomic E-state index is 13.1. The summed E-state index contributed by atoms with van der Waals surface area (Å²) in [6.45, 7) is 9.31. The standard InChI is InChI=1S/C25H39N5O5S/c1-17(2)9-6-11-19(31)16-30-14-8-10-18(22(30)33)15-21(32)20(12-7-13-27-29-23(26)36)28-24(34)35-25(3,4)5/h8,10,13-14,17,20H,6-7,9,11-12,15-16H2,1-5H3,(H,28,34)(H3,26,29,36)/b27-13-/t20-/m0/s1. The molecule has 1 amide bonds. The normalized spacial score (nSPS) is 12.4. The van der Waals surface area contributed by atoms with E-state index in [-0.39, 0.29) is 41.6 Å². The van der Waals surface area contributed by atoms with Crippen molar-refractivity contribution in [1.82, 2.24) is 15.3 Å². The summed E-state index contributed by atoms with van der Waals surface area (Å²) in [7, 11) is 0. The molecule has 0 saturated carbocycles. The zero-order valence-corrected chi connectivity index (χ0v) is 22.7. The average molecular weight is 522 g/mol. The summed E-state index contributed by atoms with van der Waals surface area (Å²) in [6, 6.07) is 2.27. The van der Waals surface area contributed by atoms with E-state index in [1.165, 1.54) is 10.8 Å². The molecule has 0 fully saturated rings. The Kier molecular flexibility index (Phi) is 13.0. The second-order valence-electron chi connectivity index (χ2n) is 10.00. The fourth-order valence-electron chi connectivity index (χ4n) is 3.31. The molecule has 1 heterocycles. The Morgan fingerprint density at radius 2 is 1.94 bits per heavy atom. The number of rotatable bonds is 14. The predicted molar refractivity (Wildman–Crippen MR) is 144 cm³/mol. The Balaban J connectivity index is 2.92. The number of carbonyl (C=O) groups is 3. The van der Waals surface area contributed by atoms with Gasteiger partial charge in [-0.05, 0) is 64.2 Å². The molecule has 0 radical (unpaired) electrons. The van der Waals surface area contributed by atoms with Crippen LogP contribution in [0.2, 0.25) is 0 Å². The van der Waals surface area contributed by atoms with Crippen LogP contribution in [0.4, 0.5) is 4.79 Å². The first-order valence-corrected chi connectivity index (χ1v) is 12.5. The molecule has 0 aliphatic heterocycles. The maximum atomic E-state index is 13.1. The summed E-state index contributed by atoms with van der Waals surface area (Å²) in [5.74, 6) is 0.114. The molecule has 1 atom stereocenters. The predicted octanol–water partition coefficient (Wildman–Crippen LogP) is 2.85. The van der Waals surface area contributed by atoms with Crippen molar-refractivity contribution in [2.75, 3.05) is 0 Å². The molecule has 200 valence electrons. The summed E-state index contributed by atoms with van der Waals surface area (Å²) < 4.78 is 6.60. The zero-order valence-electron chi connectivity index (χ0n) is 21.8. The summed E-state index contributed by atoms with van der Waals surface area (Å²) in [5, 5.41) is 6.42. The van der Waals surface area contributed by atoms with E-state index in [1.807, 2.05) is 0 Å². The monoisotopic (exact) mass is 521 g/mol. The van der Waals surface area contributed by atoms with Crippen LogP contribution < -0.4 is 22.0 Å². The van der Waals surface area contributed by atoms with Crippen molar-refractivity contribution in [2.24, 2.45) is 16.8 Å². The topological polar surface area (TPSA) is 145 Å². The van der Waals surface area contributed by atoms with Gasteiger partial charge in [-0.25, -0.2) is 4.79 Å². The van der Waals surface area contributed by atoms with Crippen molar-refractivity contribution in [1.29, 1.82) is 0 Å². The number of hydrazone groups is 1. The first kappa shape index (κ1) is 31.0. The van der Waals surface area contributed by atoms with E-state index in [0.717, 1.165) is 12.8 Å². The molecular formula is C25H39N5O5S. The fourth-order valence-corrected chi connectivity index (χ4v) is 3.36. The Bertz CT molecular complexity index is 997. The molecule has 1 aromatic heterocycles. The van der Waals surface area contributed by atoms with Gasteiger partial charge >= 0.3 is 6.09 Å². The van der Waals surface area contributed by atoms with Crippen molar-refractivity contribution in [3.63, 3.8) is 0 Å². The first-order valence-electron chi connectivity index (χ1n) is 12.1. The minimum atomic E-state index is -0.915. The quantitative estimate of drug-likeness (QED) is 0.193. The lowest BCUT2D eigenvalue weighted by molar-refractivity contribution is -0.120. The van der Waals surface area contributed by atoms with Gasteiger partial charge in [0.05, 0.1) is 12.6 Å². The molecular weight excluding hydrogens is 482 g/mol. The van der Waals surface area contributed by atoms with Gasteiger partial charge in [-0.3, -0.25) is 19.8 Å². The summed E-state index contributed by atoms with van der Waals surface area (Å²) in [4.78, 5) is 50.6. The Labute approximate surface area is 218 Å². The number of carbonyl (C=O) groups excluding carboxylic acids is 3. The third kappa shape index (κ3) is 13.1. The van der Waals surface area contributed by atoms with E-state index >= 15 is 0 Å². The van der Waals surface area contributed by atoms with Crippen LogP contribution in [0.5, 0.6) is 0 Å². The minimum absolute atomic E-state index is 0.00418. The Morgan fingerprint density at radius 3 is 2.56 bits per heavy atom. The molecule has 10 nitrogen and oxygen atoms in total. The van der Waals surface area contributed by atoms with Gasteiger partial charge in [-0.1, -0.05) is 26.3 Å². The highest BCUT2D eigenvalue weighted by molar-refractivity contribution is 7.80. The van der Waals surface area contributed by atoms with Crippen molar-refractivity contribution in [2.45, 2.75) is 91.3 Å². The lowest BCUT2D eigenvalue weighted by Crippen LogP contribution is -2.44. The molecule has 0 aromatic carbocycles. The van der Waals surface area contributed by atoms with E-state index in [9.17, 15) is 19.2 Å². The minimum Gasteiger partial charge on any atom is -0.444 e. The number of ether oxygens (including phenoxy) is 1. The first-order chi connectivity index (χ1) is 16.8. The summed E-state index contributed by atoms with van der Waals surface area (Å²) in [5.41, 5.74) is 6.83. The van der Waals surface area contributed by atoms with Crippen molar-refractivity contribution < 1.29 is 19.1 Å². The highest BCUT2D eigenvalue weighted by atomic mass is 32.1. The Morgan fingerprint density at radius 1 is 1.25 bits per heavy atom. The van der Waals surface area contributed by atoms with Gasteiger partial charge in [0.15, 0.2) is 16.7 Å². The van der Waals surface area contributed by atoms with Crippen LogP contribution in [0.25, 0.3) is 0 Å². The van der Waals surface area contributed by atoms with E-state index < -0.39 is 23.3 Å². The number of ketones is 2. The third-order valence-electron chi connectivity index (χ3n) is 4.98. The van der Waals surface area contributed by atoms with Gasteiger partial charge in [0.2, 0.25) is 0 Å². The van der Waals surface area contributed by atoms with Crippen molar-refractivity contribution in [3.8, 4) is 0 Å². The molecule has 0 saturated heterocycles.